The van der Waals surface area contributed by atoms with Crippen molar-refractivity contribution < 1.29 is 4.79 Å². The number of nitrogens with one attached hydrogen (secondary N) is 2. The van der Waals surface area contributed by atoms with Crippen molar-refractivity contribution in [3.63, 3.8) is 0 Å². The van der Waals surface area contributed by atoms with Gasteiger partial charge in [0, 0.05) is 10.7 Å². The Morgan fingerprint density at radius 3 is 2.83 bits per heavy atom. The second-order valence-electron chi connectivity index (χ2n) is 3.49. The summed E-state index contributed by atoms with van der Waals surface area (Å²) < 4.78 is 0.782. The van der Waals surface area contributed by atoms with Crippen molar-refractivity contribution in [2.24, 2.45) is 0 Å². The predicted molar refractivity (Wildman–Crippen MR) is 74.2 cm³/mol. The van der Waals surface area contributed by atoms with Crippen LogP contribution in [0.3, 0.4) is 0 Å². The SMILES string of the molecule is O=C(Nc1cc(Br)ccc1Cl)c1ccc[nH]c1=O. The van der Waals surface area contributed by atoms with E-state index in [4.69, 9.17) is 11.6 Å². The number of H-pyrrole nitrogens is 1. The Hall–Kier alpha value is -1.59. The van der Waals surface area contributed by atoms with Gasteiger partial charge in [0.25, 0.3) is 11.5 Å². The summed E-state index contributed by atoms with van der Waals surface area (Å²) in [5.74, 6) is -0.503. The molecule has 2 N–H and O–H groups in total. The lowest BCUT2D eigenvalue weighted by molar-refractivity contribution is 0.102. The van der Waals surface area contributed by atoms with E-state index in [1.165, 1.54) is 12.3 Å². The van der Waals surface area contributed by atoms with E-state index in [-0.39, 0.29) is 5.56 Å². The molecule has 0 spiro atoms. The lowest BCUT2D eigenvalue weighted by Crippen LogP contribution is -2.22. The zero-order valence-electron chi connectivity index (χ0n) is 9.04. The van der Waals surface area contributed by atoms with Gasteiger partial charge in [-0.25, -0.2) is 0 Å². The molecule has 1 aromatic carbocycles. The van der Waals surface area contributed by atoms with Crippen LogP contribution in [0.15, 0.2) is 45.8 Å². The summed E-state index contributed by atoms with van der Waals surface area (Å²) in [6.07, 6.45) is 1.46. The van der Waals surface area contributed by atoms with E-state index in [1.54, 1.807) is 24.3 Å². The van der Waals surface area contributed by atoms with Gasteiger partial charge in [0.2, 0.25) is 0 Å². The van der Waals surface area contributed by atoms with Crippen molar-refractivity contribution in [1.82, 2.24) is 4.98 Å². The van der Waals surface area contributed by atoms with E-state index < -0.39 is 11.5 Å². The molecule has 2 rings (SSSR count). The van der Waals surface area contributed by atoms with Gasteiger partial charge in [0.1, 0.15) is 5.56 Å². The molecule has 18 heavy (non-hydrogen) atoms. The zero-order chi connectivity index (χ0) is 13.1. The first-order chi connectivity index (χ1) is 8.58. The number of benzene rings is 1. The largest absolute Gasteiger partial charge is 0.328 e. The number of carbonyl (C=O) groups is 1. The first kappa shape index (κ1) is 12.9. The van der Waals surface area contributed by atoms with Crippen LogP contribution in [0.2, 0.25) is 5.02 Å². The number of anilines is 1. The van der Waals surface area contributed by atoms with Gasteiger partial charge in [-0.1, -0.05) is 27.5 Å². The Morgan fingerprint density at radius 1 is 1.33 bits per heavy atom. The number of rotatable bonds is 2. The Morgan fingerprint density at radius 2 is 2.11 bits per heavy atom. The average Bonchev–Trinajstić information content (AvgIpc) is 2.34. The highest BCUT2D eigenvalue weighted by molar-refractivity contribution is 9.10. The molecule has 1 heterocycles. The van der Waals surface area contributed by atoms with E-state index >= 15 is 0 Å². The molecule has 6 heteroatoms. The molecule has 92 valence electrons. The fourth-order valence-corrected chi connectivity index (χ4v) is 1.91. The molecule has 1 aromatic heterocycles. The maximum Gasteiger partial charge on any atom is 0.261 e. The molecule has 0 saturated heterocycles. The molecule has 0 radical (unpaired) electrons. The highest BCUT2D eigenvalue weighted by Crippen LogP contribution is 2.25. The van der Waals surface area contributed by atoms with Crippen molar-refractivity contribution in [3.05, 3.63) is 61.9 Å². The maximum absolute atomic E-state index is 11.9. The van der Waals surface area contributed by atoms with E-state index in [2.05, 4.69) is 26.2 Å². The number of amides is 1. The highest BCUT2D eigenvalue weighted by Gasteiger charge is 2.11. The van der Waals surface area contributed by atoms with Gasteiger partial charge in [-0.3, -0.25) is 9.59 Å². The number of carbonyl (C=O) groups excluding carboxylic acids is 1. The third-order valence-electron chi connectivity index (χ3n) is 2.24. The lowest BCUT2D eigenvalue weighted by Gasteiger charge is -2.07. The molecule has 1 amide bonds. The van der Waals surface area contributed by atoms with Crippen LogP contribution in [-0.4, -0.2) is 10.9 Å². The number of hydrogen-bond acceptors (Lipinski definition) is 2. The van der Waals surface area contributed by atoms with Gasteiger partial charge in [0.05, 0.1) is 10.7 Å². The van der Waals surface area contributed by atoms with Crippen molar-refractivity contribution >= 4 is 39.1 Å². The minimum Gasteiger partial charge on any atom is -0.328 e. The molecular formula is C12H8BrClN2O2. The molecule has 0 aliphatic carbocycles. The summed E-state index contributed by atoms with van der Waals surface area (Å²) in [5, 5.41) is 2.99. The summed E-state index contributed by atoms with van der Waals surface area (Å²) >= 11 is 9.23. The molecule has 0 atom stereocenters. The summed E-state index contributed by atoms with van der Waals surface area (Å²) in [5.41, 5.74) is 0.0361. The Labute approximate surface area is 116 Å². The molecule has 0 fully saturated rings. The van der Waals surface area contributed by atoms with Gasteiger partial charge in [-0.05, 0) is 30.3 Å². The van der Waals surface area contributed by atoms with Gasteiger partial charge in [-0.2, -0.15) is 0 Å². The van der Waals surface area contributed by atoms with E-state index in [0.29, 0.717) is 10.7 Å². The molecule has 2 aromatic rings. The third kappa shape index (κ3) is 2.80. The molecule has 0 bridgehead atoms. The van der Waals surface area contributed by atoms with Crippen molar-refractivity contribution in [2.45, 2.75) is 0 Å². The molecule has 0 aliphatic rings. The van der Waals surface area contributed by atoms with E-state index in [0.717, 1.165) is 4.47 Å². The van der Waals surface area contributed by atoms with Gasteiger partial charge < -0.3 is 10.3 Å². The molecule has 0 saturated carbocycles. The van der Waals surface area contributed by atoms with Crippen LogP contribution in [0.1, 0.15) is 10.4 Å². The number of hydrogen-bond donors (Lipinski definition) is 2. The Kier molecular flexibility index (Phi) is 3.84. The van der Waals surface area contributed by atoms with Crippen LogP contribution in [0.4, 0.5) is 5.69 Å². The molecule has 0 unspecified atom stereocenters. The number of aromatic nitrogens is 1. The first-order valence-corrected chi connectivity index (χ1v) is 6.19. The average molecular weight is 328 g/mol. The fraction of sp³-hybridized carbons (Fsp3) is 0. The topological polar surface area (TPSA) is 62.0 Å². The summed E-state index contributed by atoms with van der Waals surface area (Å²) in [6.45, 7) is 0. The Bertz CT molecular complexity index is 655. The highest BCUT2D eigenvalue weighted by atomic mass is 79.9. The minimum atomic E-state index is -0.503. The Balaban J connectivity index is 2.30. The monoisotopic (exact) mass is 326 g/mol. The van der Waals surface area contributed by atoms with Crippen molar-refractivity contribution in [2.75, 3.05) is 5.32 Å². The first-order valence-electron chi connectivity index (χ1n) is 5.02. The lowest BCUT2D eigenvalue weighted by atomic mass is 10.2. The quantitative estimate of drug-likeness (QED) is 0.890. The van der Waals surface area contributed by atoms with E-state index in [1.807, 2.05) is 0 Å². The minimum absolute atomic E-state index is 0.0357. The second-order valence-corrected chi connectivity index (χ2v) is 4.81. The van der Waals surface area contributed by atoms with Crippen LogP contribution in [-0.2, 0) is 0 Å². The standard InChI is InChI=1S/C12H8BrClN2O2/c13-7-3-4-9(14)10(6-7)16-12(18)8-2-1-5-15-11(8)17/h1-6H,(H,15,17)(H,16,18). The van der Waals surface area contributed by atoms with Crippen LogP contribution in [0.25, 0.3) is 0 Å². The third-order valence-corrected chi connectivity index (χ3v) is 3.06. The normalized spacial score (nSPS) is 10.1. The van der Waals surface area contributed by atoms with Crippen LogP contribution in [0.5, 0.6) is 0 Å². The molecular weight excluding hydrogens is 320 g/mol. The summed E-state index contributed by atoms with van der Waals surface area (Å²) in [7, 11) is 0. The van der Waals surface area contributed by atoms with Crippen molar-refractivity contribution in [3.8, 4) is 0 Å². The van der Waals surface area contributed by atoms with Gasteiger partial charge in [0.15, 0.2) is 0 Å². The van der Waals surface area contributed by atoms with Crippen LogP contribution < -0.4 is 10.9 Å². The zero-order valence-corrected chi connectivity index (χ0v) is 11.4. The number of pyridine rings is 1. The summed E-state index contributed by atoms with van der Waals surface area (Å²) in [6, 6.07) is 8.10. The number of halogens is 2. The number of aromatic amines is 1. The maximum atomic E-state index is 11.9. The van der Waals surface area contributed by atoms with Gasteiger partial charge in [-0.15, -0.1) is 0 Å². The molecule has 4 nitrogen and oxygen atoms in total. The smallest absolute Gasteiger partial charge is 0.261 e. The van der Waals surface area contributed by atoms with Gasteiger partial charge >= 0.3 is 0 Å². The second kappa shape index (κ2) is 5.37. The fourth-order valence-electron chi connectivity index (χ4n) is 1.38. The predicted octanol–water partition coefficient (Wildman–Crippen LogP) is 3.04. The molecule has 0 aliphatic heterocycles. The summed E-state index contributed by atoms with van der Waals surface area (Å²) in [4.78, 5) is 25.8. The van der Waals surface area contributed by atoms with Crippen LogP contribution >= 0.6 is 27.5 Å². The van der Waals surface area contributed by atoms with E-state index in [9.17, 15) is 9.59 Å². The van der Waals surface area contributed by atoms with Crippen molar-refractivity contribution in [1.29, 1.82) is 0 Å². The van der Waals surface area contributed by atoms with Crippen LogP contribution in [0, 0.1) is 0 Å².